The van der Waals surface area contributed by atoms with Gasteiger partial charge in [0.25, 0.3) is 0 Å². The van der Waals surface area contributed by atoms with E-state index >= 15 is 0 Å². The van der Waals surface area contributed by atoms with Gasteiger partial charge >= 0.3 is 0 Å². The molecule has 4 aromatic rings. The van der Waals surface area contributed by atoms with Gasteiger partial charge in [0.15, 0.2) is 5.78 Å². The van der Waals surface area contributed by atoms with Gasteiger partial charge in [-0.15, -0.1) is 0 Å². The molecule has 1 aliphatic heterocycles. The number of fused-ring (bicyclic) bond motifs is 5. The van der Waals surface area contributed by atoms with Crippen molar-refractivity contribution >= 4 is 28.5 Å². The molecule has 2 amide bonds. The number of ketones is 1. The van der Waals surface area contributed by atoms with Crippen LogP contribution in [0.2, 0.25) is 0 Å². The van der Waals surface area contributed by atoms with Gasteiger partial charge in [-0.05, 0) is 90.9 Å². The van der Waals surface area contributed by atoms with E-state index in [2.05, 4.69) is 21.7 Å². The van der Waals surface area contributed by atoms with Crippen molar-refractivity contribution in [3.63, 3.8) is 0 Å². The molecule has 2 bridgehead atoms. The molecule has 1 aromatic heterocycles. The van der Waals surface area contributed by atoms with Gasteiger partial charge in [0, 0.05) is 56.0 Å². The minimum atomic E-state index is -0.821. The van der Waals surface area contributed by atoms with Crippen molar-refractivity contribution in [3.8, 4) is 16.9 Å². The van der Waals surface area contributed by atoms with Crippen LogP contribution in [-0.2, 0) is 33.9 Å². The second-order valence-corrected chi connectivity index (χ2v) is 13.0. The first-order chi connectivity index (χ1) is 23.8. The molecule has 260 valence electrons. The highest BCUT2D eigenvalue weighted by molar-refractivity contribution is 5.93. The molecule has 0 fully saturated rings. The maximum absolute atomic E-state index is 14.4. The van der Waals surface area contributed by atoms with Crippen molar-refractivity contribution < 1.29 is 19.1 Å². The molecule has 10 heteroatoms. The minimum Gasteiger partial charge on any atom is -0.497 e. The third-order valence-corrected chi connectivity index (χ3v) is 9.65. The fraction of sp³-hybridized carbons (Fsp3) is 0.410. The molecule has 0 saturated heterocycles. The zero-order valence-electron chi connectivity index (χ0n) is 28.7. The second-order valence-electron chi connectivity index (χ2n) is 13.0. The van der Waals surface area contributed by atoms with E-state index < -0.39 is 18.0 Å². The number of ether oxygens (including phenoxy) is 1. The van der Waals surface area contributed by atoms with Crippen LogP contribution in [-0.4, -0.2) is 66.8 Å². The molecule has 3 aromatic carbocycles. The van der Waals surface area contributed by atoms with Crippen LogP contribution in [0.25, 0.3) is 22.0 Å². The minimum absolute atomic E-state index is 0.0245. The van der Waals surface area contributed by atoms with E-state index in [0.29, 0.717) is 57.5 Å². The first kappa shape index (κ1) is 35.8. The number of benzene rings is 3. The zero-order valence-corrected chi connectivity index (χ0v) is 28.7. The van der Waals surface area contributed by atoms with Crippen LogP contribution >= 0.6 is 0 Å². The largest absolute Gasteiger partial charge is 0.497 e. The number of aromatic amines is 1. The van der Waals surface area contributed by atoms with Gasteiger partial charge < -0.3 is 36.7 Å². The fourth-order valence-electron chi connectivity index (χ4n) is 6.80. The predicted molar refractivity (Wildman–Crippen MR) is 194 cm³/mol. The standard InChI is InChI=1S/C39H50N6O4/c1-45-36(21-30-24-43-34-13-4-3-12-33(30)34)38(47)44-25-29-20-31(49-2)15-16-32(29)27-11-7-9-26(19-27)23-42-35(14-8-18-41)37(46)22-28(39(45)48)10-5-6-17-40/h3-4,7,9,11-13,15-16,19-20,24,28,35-36,42-43H,5-6,8,10,14,17-18,21-23,25,40-41H2,1-2H3,(H,44,47)/t28-,35+,36+/m1/s1. The molecule has 0 unspecified atom stereocenters. The number of nitrogens with zero attached hydrogens (tertiary/aromatic N) is 1. The highest BCUT2D eigenvalue weighted by Gasteiger charge is 2.34. The summed E-state index contributed by atoms with van der Waals surface area (Å²) in [5.41, 5.74) is 17.4. The molecular formula is C39H50N6O4. The van der Waals surface area contributed by atoms with Crippen LogP contribution < -0.4 is 26.8 Å². The van der Waals surface area contributed by atoms with E-state index in [1.165, 1.54) is 0 Å². The number of H-pyrrole nitrogens is 1. The van der Waals surface area contributed by atoms with Crippen LogP contribution in [0, 0.1) is 5.92 Å². The number of methoxy groups -OCH3 is 1. The summed E-state index contributed by atoms with van der Waals surface area (Å²) in [6.45, 7) is 1.69. The quantitative estimate of drug-likeness (QED) is 0.157. The number of carbonyl (C=O) groups excluding carboxylic acids is 3. The van der Waals surface area contributed by atoms with Crippen LogP contribution in [0.3, 0.4) is 0 Å². The Hall–Kier alpha value is -4.51. The topological polar surface area (TPSA) is 156 Å². The lowest BCUT2D eigenvalue weighted by Crippen LogP contribution is -2.51. The Morgan fingerprint density at radius 3 is 2.51 bits per heavy atom. The lowest BCUT2D eigenvalue weighted by atomic mass is 9.90. The number of rotatable bonds is 10. The summed E-state index contributed by atoms with van der Waals surface area (Å²) >= 11 is 0. The second kappa shape index (κ2) is 17.2. The first-order valence-electron chi connectivity index (χ1n) is 17.3. The average molecular weight is 667 g/mol. The van der Waals surface area contributed by atoms with E-state index in [9.17, 15) is 14.4 Å². The Labute approximate surface area is 289 Å². The molecule has 5 rings (SSSR count). The molecule has 1 aliphatic rings. The number of unbranched alkanes of at least 4 members (excludes halogenated alkanes) is 1. The smallest absolute Gasteiger partial charge is 0.243 e. The summed E-state index contributed by atoms with van der Waals surface area (Å²) in [4.78, 5) is 47.5. The molecule has 0 aliphatic carbocycles. The number of amides is 2. The first-order valence-corrected chi connectivity index (χ1v) is 17.3. The number of nitrogens with one attached hydrogen (secondary N) is 3. The van der Waals surface area contributed by atoms with Crippen molar-refractivity contribution in [1.29, 1.82) is 0 Å². The van der Waals surface area contributed by atoms with E-state index in [1.54, 1.807) is 19.1 Å². The van der Waals surface area contributed by atoms with Crippen molar-refractivity contribution in [2.75, 3.05) is 27.2 Å². The summed E-state index contributed by atoms with van der Waals surface area (Å²) in [6.07, 6.45) is 5.49. The number of aromatic nitrogens is 1. The monoisotopic (exact) mass is 666 g/mol. The lowest BCUT2D eigenvalue weighted by Gasteiger charge is -2.31. The zero-order chi connectivity index (χ0) is 34.8. The summed E-state index contributed by atoms with van der Waals surface area (Å²) < 4.78 is 5.56. The summed E-state index contributed by atoms with van der Waals surface area (Å²) in [5.74, 6) is -0.429. The van der Waals surface area contributed by atoms with E-state index in [1.807, 2.05) is 66.9 Å². The average Bonchev–Trinajstić information content (AvgIpc) is 3.54. The van der Waals surface area contributed by atoms with Crippen LogP contribution in [0.1, 0.15) is 55.2 Å². The summed E-state index contributed by atoms with van der Waals surface area (Å²) in [7, 11) is 3.30. The van der Waals surface area contributed by atoms with Gasteiger partial charge in [-0.25, -0.2) is 0 Å². The maximum atomic E-state index is 14.4. The highest BCUT2D eigenvalue weighted by atomic mass is 16.5. The molecule has 0 saturated carbocycles. The number of likely N-dealkylation sites (N-methyl/N-ethyl adjacent to an activating group) is 1. The molecule has 3 atom stereocenters. The SMILES string of the molecule is COc1ccc2c(c1)CNC(=O)[C@H](Cc1c[nH]c3ccccc13)N(C)C(=O)[C@H](CCCCN)CC(=O)[C@H](CCCN)NCc1cccc-2c1. The van der Waals surface area contributed by atoms with Crippen molar-refractivity contribution in [2.24, 2.45) is 17.4 Å². The van der Waals surface area contributed by atoms with E-state index in [-0.39, 0.29) is 30.6 Å². The molecule has 10 nitrogen and oxygen atoms in total. The third-order valence-electron chi connectivity index (χ3n) is 9.65. The lowest BCUT2D eigenvalue weighted by molar-refractivity contribution is -0.143. The molecular weight excluding hydrogens is 616 g/mol. The van der Waals surface area contributed by atoms with Crippen LogP contribution in [0.5, 0.6) is 5.75 Å². The number of hydrogen-bond donors (Lipinski definition) is 5. The number of carbonyl (C=O) groups is 3. The van der Waals surface area contributed by atoms with Gasteiger partial charge in [0.1, 0.15) is 11.8 Å². The Bertz CT molecular complexity index is 1740. The molecule has 2 heterocycles. The van der Waals surface area contributed by atoms with Gasteiger partial charge in [-0.2, -0.15) is 0 Å². The van der Waals surface area contributed by atoms with Crippen LogP contribution in [0.4, 0.5) is 0 Å². The molecule has 49 heavy (non-hydrogen) atoms. The Kier molecular flexibility index (Phi) is 12.6. The highest BCUT2D eigenvalue weighted by Crippen LogP contribution is 2.29. The number of hydrogen-bond acceptors (Lipinski definition) is 7. The van der Waals surface area contributed by atoms with Crippen molar-refractivity contribution in [1.82, 2.24) is 20.5 Å². The Morgan fingerprint density at radius 2 is 1.71 bits per heavy atom. The fourth-order valence-corrected chi connectivity index (χ4v) is 6.80. The molecule has 0 spiro atoms. The third kappa shape index (κ3) is 8.94. The number of Topliss-reactive ketones (excluding diaryl/α,β-unsaturated/α-hetero) is 1. The van der Waals surface area contributed by atoms with Crippen LogP contribution in [0.15, 0.2) is 72.9 Å². The van der Waals surface area contributed by atoms with Gasteiger partial charge in [-0.1, -0.05) is 48.9 Å². The Balaban J connectivity index is 1.56. The van der Waals surface area contributed by atoms with Crippen molar-refractivity contribution in [2.45, 2.75) is 70.1 Å². The molecule has 7 N–H and O–H groups in total. The van der Waals surface area contributed by atoms with Gasteiger partial charge in [-0.3, -0.25) is 14.4 Å². The van der Waals surface area contributed by atoms with E-state index in [4.69, 9.17) is 16.2 Å². The van der Waals surface area contributed by atoms with E-state index in [0.717, 1.165) is 45.1 Å². The van der Waals surface area contributed by atoms with Gasteiger partial charge in [0.2, 0.25) is 11.8 Å². The predicted octanol–water partition coefficient (Wildman–Crippen LogP) is 4.44. The number of para-hydroxylation sites is 1. The maximum Gasteiger partial charge on any atom is 0.243 e. The normalized spacial score (nSPS) is 19.4. The number of nitrogens with two attached hydrogens (primary N) is 2. The summed E-state index contributed by atoms with van der Waals surface area (Å²) in [6, 6.07) is 20.7. The molecule has 0 radical (unpaired) electrons. The Morgan fingerprint density at radius 1 is 0.898 bits per heavy atom. The van der Waals surface area contributed by atoms with Gasteiger partial charge in [0.05, 0.1) is 13.2 Å². The van der Waals surface area contributed by atoms with Crippen molar-refractivity contribution in [3.05, 3.63) is 89.6 Å². The summed E-state index contributed by atoms with van der Waals surface area (Å²) in [5, 5.41) is 7.64.